The zero-order valence-corrected chi connectivity index (χ0v) is 12.1. The molecule has 0 bridgehead atoms. The Labute approximate surface area is 122 Å². The van der Waals surface area contributed by atoms with Gasteiger partial charge in [-0.05, 0) is 36.6 Å². The number of hydrogen-bond acceptors (Lipinski definition) is 3. The molecule has 0 saturated carbocycles. The van der Waals surface area contributed by atoms with Gasteiger partial charge in [0.25, 0.3) is 11.8 Å². The number of carbonyl (C=O) groups excluding carboxylic acids is 2. The lowest BCUT2D eigenvalue weighted by atomic mass is 10.1. The first-order valence-corrected chi connectivity index (χ1v) is 6.88. The molecule has 0 aliphatic rings. The molecular formula is C15H18N4O2. The van der Waals surface area contributed by atoms with Gasteiger partial charge in [-0.25, -0.2) is 0 Å². The Hall–Kier alpha value is -2.63. The summed E-state index contributed by atoms with van der Waals surface area (Å²) in [6.07, 6.45) is 1.67. The van der Waals surface area contributed by atoms with Crippen molar-refractivity contribution in [1.82, 2.24) is 21.0 Å². The molecule has 1 heterocycles. The van der Waals surface area contributed by atoms with E-state index in [4.69, 9.17) is 0 Å². The van der Waals surface area contributed by atoms with E-state index in [0.717, 1.165) is 24.1 Å². The van der Waals surface area contributed by atoms with Crippen LogP contribution in [0.25, 0.3) is 0 Å². The minimum Gasteiger partial charge on any atom is -0.282 e. The van der Waals surface area contributed by atoms with Crippen molar-refractivity contribution < 1.29 is 9.59 Å². The highest BCUT2D eigenvalue weighted by molar-refractivity contribution is 5.98. The number of amides is 2. The smallest absolute Gasteiger partial charge is 0.282 e. The largest absolute Gasteiger partial charge is 0.290 e. The lowest BCUT2D eigenvalue weighted by Crippen LogP contribution is -2.41. The Bertz CT molecular complexity index is 631. The van der Waals surface area contributed by atoms with Crippen LogP contribution in [-0.4, -0.2) is 22.0 Å². The van der Waals surface area contributed by atoms with Crippen molar-refractivity contribution in [2.45, 2.75) is 26.7 Å². The molecule has 110 valence electrons. The van der Waals surface area contributed by atoms with Gasteiger partial charge in [0.2, 0.25) is 0 Å². The fraction of sp³-hybridized carbons (Fsp3) is 0.267. The van der Waals surface area contributed by atoms with Gasteiger partial charge in [0.1, 0.15) is 0 Å². The fourth-order valence-electron chi connectivity index (χ4n) is 1.80. The van der Waals surface area contributed by atoms with E-state index >= 15 is 0 Å². The maximum absolute atomic E-state index is 11.9. The second-order valence-corrected chi connectivity index (χ2v) is 4.59. The van der Waals surface area contributed by atoms with Crippen LogP contribution in [0.4, 0.5) is 0 Å². The fourth-order valence-corrected chi connectivity index (χ4v) is 1.80. The van der Waals surface area contributed by atoms with Gasteiger partial charge in [-0.15, -0.1) is 0 Å². The molecule has 6 heteroatoms. The van der Waals surface area contributed by atoms with Crippen molar-refractivity contribution >= 4 is 11.8 Å². The predicted molar refractivity (Wildman–Crippen MR) is 78.7 cm³/mol. The number of nitrogens with one attached hydrogen (secondary N) is 3. The molecule has 0 radical (unpaired) electrons. The van der Waals surface area contributed by atoms with Gasteiger partial charge in [0.05, 0.1) is 0 Å². The topological polar surface area (TPSA) is 86.9 Å². The Morgan fingerprint density at radius 1 is 1.05 bits per heavy atom. The van der Waals surface area contributed by atoms with Crippen molar-refractivity contribution in [3.8, 4) is 0 Å². The van der Waals surface area contributed by atoms with Crippen molar-refractivity contribution in [3.05, 3.63) is 52.8 Å². The maximum Gasteiger partial charge on any atom is 0.290 e. The standard InChI is InChI=1S/C15H18N4O2/c1-3-10-5-7-11(8-6-10)14(20)18-19-15(21)13-9-12(4-2)16-17-13/h5-9H,3-4H2,1-2H3,(H,16,17)(H,18,20)(H,19,21). The number of aromatic amines is 1. The summed E-state index contributed by atoms with van der Waals surface area (Å²) in [6, 6.07) is 8.88. The van der Waals surface area contributed by atoms with Crippen LogP contribution in [0.2, 0.25) is 0 Å². The molecule has 1 aromatic carbocycles. The molecular weight excluding hydrogens is 268 g/mol. The SMILES string of the molecule is CCc1ccc(C(=O)NNC(=O)c2cc(CC)[nH]n2)cc1. The molecule has 0 saturated heterocycles. The highest BCUT2D eigenvalue weighted by Crippen LogP contribution is 2.04. The van der Waals surface area contributed by atoms with Crippen LogP contribution < -0.4 is 10.9 Å². The van der Waals surface area contributed by atoms with E-state index in [1.54, 1.807) is 18.2 Å². The molecule has 1 aromatic heterocycles. The van der Waals surface area contributed by atoms with Crippen LogP contribution in [0.3, 0.4) is 0 Å². The van der Waals surface area contributed by atoms with Gasteiger partial charge in [0.15, 0.2) is 5.69 Å². The number of hydrazine groups is 1. The summed E-state index contributed by atoms with van der Waals surface area (Å²) in [5.74, 6) is -0.818. The third kappa shape index (κ3) is 3.68. The van der Waals surface area contributed by atoms with Crippen LogP contribution in [0.15, 0.2) is 30.3 Å². The van der Waals surface area contributed by atoms with Gasteiger partial charge in [-0.3, -0.25) is 25.5 Å². The zero-order valence-electron chi connectivity index (χ0n) is 12.1. The number of rotatable bonds is 4. The first kappa shape index (κ1) is 14.8. The average Bonchev–Trinajstić information content (AvgIpc) is 3.01. The summed E-state index contributed by atoms with van der Waals surface area (Å²) in [4.78, 5) is 23.7. The third-order valence-corrected chi connectivity index (χ3v) is 3.16. The number of benzene rings is 1. The highest BCUT2D eigenvalue weighted by atomic mass is 16.2. The monoisotopic (exact) mass is 286 g/mol. The van der Waals surface area contributed by atoms with Gasteiger partial charge in [-0.1, -0.05) is 26.0 Å². The van der Waals surface area contributed by atoms with E-state index in [1.165, 1.54) is 0 Å². The number of carbonyl (C=O) groups is 2. The minimum atomic E-state index is -0.454. The lowest BCUT2D eigenvalue weighted by molar-refractivity contribution is 0.0844. The van der Waals surface area contributed by atoms with Crippen LogP contribution >= 0.6 is 0 Å². The van der Waals surface area contributed by atoms with Gasteiger partial charge < -0.3 is 0 Å². The van der Waals surface area contributed by atoms with Crippen molar-refractivity contribution in [2.75, 3.05) is 0 Å². The third-order valence-electron chi connectivity index (χ3n) is 3.16. The van der Waals surface area contributed by atoms with E-state index < -0.39 is 5.91 Å². The molecule has 0 unspecified atom stereocenters. The maximum atomic E-state index is 11.9. The van der Waals surface area contributed by atoms with Gasteiger partial charge in [0, 0.05) is 11.3 Å². The second-order valence-electron chi connectivity index (χ2n) is 4.59. The molecule has 2 amide bonds. The minimum absolute atomic E-state index is 0.244. The first-order valence-electron chi connectivity index (χ1n) is 6.88. The Morgan fingerprint density at radius 2 is 1.71 bits per heavy atom. The van der Waals surface area contributed by atoms with E-state index in [9.17, 15) is 9.59 Å². The molecule has 0 fully saturated rings. The lowest BCUT2D eigenvalue weighted by Gasteiger charge is -2.06. The number of H-pyrrole nitrogens is 1. The summed E-state index contributed by atoms with van der Waals surface area (Å²) in [5.41, 5.74) is 7.46. The van der Waals surface area contributed by atoms with Gasteiger partial charge >= 0.3 is 0 Å². The molecule has 0 aliphatic carbocycles. The number of nitrogens with zero attached hydrogens (tertiary/aromatic N) is 1. The van der Waals surface area contributed by atoms with Crippen LogP contribution in [0.1, 0.15) is 46.0 Å². The first-order chi connectivity index (χ1) is 10.1. The quantitative estimate of drug-likeness (QED) is 0.746. The van der Waals surface area contributed by atoms with Crippen molar-refractivity contribution in [3.63, 3.8) is 0 Å². The second kappa shape index (κ2) is 6.69. The predicted octanol–water partition coefficient (Wildman–Crippen LogP) is 1.61. The Morgan fingerprint density at radius 3 is 2.29 bits per heavy atom. The summed E-state index contributed by atoms with van der Waals surface area (Å²) in [6.45, 7) is 4.00. The normalized spacial score (nSPS) is 10.2. The van der Waals surface area contributed by atoms with Crippen molar-refractivity contribution in [2.24, 2.45) is 0 Å². The summed E-state index contributed by atoms with van der Waals surface area (Å²) < 4.78 is 0. The van der Waals surface area contributed by atoms with Crippen LogP contribution in [0.5, 0.6) is 0 Å². The molecule has 2 rings (SSSR count). The van der Waals surface area contributed by atoms with E-state index in [2.05, 4.69) is 21.0 Å². The number of aryl methyl sites for hydroxylation is 2. The highest BCUT2D eigenvalue weighted by Gasteiger charge is 2.11. The van der Waals surface area contributed by atoms with Crippen LogP contribution in [-0.2, 0) is 12.8 Å². The molecule has 6 nitrogen and oxygen atoms in total. The summed E-state index contributed by atoms with van der Waals surface area (Å²) in [7, 11) is 0. The molecule has 21 heavy (non-hydrogen) atoms. The molecule has 0 aliphatic heterocycles. The van der Waals surface area contributed by atoms with Gasteiger partial charge in [-0.2, -0.15) is 5.10 Å². The van der Waals surface area contributed by atoms with E-state index in [1.807, 2.05) is 26.0 Å². The molecule has 3 N–H and O–H groups in total. The van der Waals surface area contributed by atoms with Crippen LogP contribution in [0, 0.1) is 0 Å². The Balaban J connectivity index is 1.92. The Kier molecular flexibility index (Phi) is 4.71. The summed E-state index contributed by atoms with van der Waals surface area (Å²) in [5, 5.41) is 6.62. The number of hydrogen-bond donors (Lipinski definition) is 3. The molecule has 0 atom stereocenters. The summed E-state index contributed by atoms with van der Waals surface area (Å²) >= 11 is 0. The average molecular weight is 286 g/mol. The van der Waals surface area contributed by atoms with Crippen molar-refractivity contribution in [1.29, 1.82) is 0 Å². The zero-order chi connectivity index (χ0) is 15.2. The molecule has 0 spiro atoms. The van der Waals surface area contributed by atoms with E-state index in [-0.39, 0.29) is 11.6 Å². The van der Waals surface area contributed by atoms with E-state index in [0.29, 0.717) is 5.56 Å². The number of aromatic nitrogens is 2. The molecule has 2 aromatic rings.